The first-order chi connectivity index (χ1) is 11.4. The maximum Gasteiger partial charge on any atom is 0.182 e. The van der Waals surface area contributed by atoms with E-state index in [1.807, 2.05) is 24.3 Å². The summed E-state index contributed by atoms with van der Waals surface area (Å²) in [6.45, 7) is -0.802. The van der Waals surface area contributed by atoms with Gasteiger partial charge < -0.3 is 10.2 Å². The van der Waals surface area contributed by atoms with Gasteiger partial charge in [0.15, 0.2) is 9.84 Å². The first-order valence-electron chi connectivity index (χ1n) is 7.33. The number of aliphatic hydroxyl groups excluding tert-OH is 2. The Morgan fingerprint density at radius 3 is 2.04 bits per heavy atom. The molecule has 1 aliphatic rings. The van der Waals surface area contributed by atoms with Crippen molar-refractivity contribution in [3.63, 3.8) is 0 Å². The standard InChI is InChI=1S/C17H16BrClO4S/c18-12-3-1-11(2-4-12)15-16(17(15,9-20)10-21)24(22,23)14-7-5-13(19)6-8-14/h1-8,15-16,20-21H,9-10H2/t15-,16-/m1/s1. The van der Waals surface area contributed by atoms with Gasteiger partial charge in [-0.1, -0.05) is 39.7 Å². The normalized spacial score (nSPS) is 22.3. The van der Waals surface area contributed by atoms with Crippen molar-refractivity contribution in [1.29, 1.82) is 0 Å². The Morgan fingerprint density at radius 1 is 1.00 bits per heavy atom. The SMILES string of the molecule is O=S(=O)(c1ccc(Cl)cc1)[C@@H]1[C@@H](c2ccc(Br)cc2)C1(CO)CO. The Bertz CT molecular complexity index is 830. The van der Waals surface area contributed by atoms with E-state index in [4.69, 9.17) is 11.6 Å². The van der Waals surface area contributed by atoms with Crippen molar-refractivity contribution in [2.24, 2.45) is 5.41 Å². The van der Waals surface area contributed by atoms with Gasteiger partial charge in [-0.05, 0) is 42.0 Å². The van der Waals surface area contributed by atoms with Crippen LogP contribution in [0.2, 0.25) is 5.02 Å². The zero-order valence-electron chi connectivity index (χ0n) is 12.6. The van der Waals surface area contributed by atoms with Crippen molar-refractivity contribution < 1.29 is 18.6 Å². The third-order valence-electron chi connectivity index (χ3n) is 4.67. The lowest BCUT2D eigenvalue weighted by molar-refractivity contribution is 0.130. The van der Waals surface area contributed by atoms with Gasteiger partial charge in [0.2, 0.25) is 0 Å². The molecule has 0 amide bonds. The van der Waals surface area contributed by atoms with Gasteiger partial charge in [-0.15, -0.1) is 0 Å². The van der Waals surface area contributed by atoms with Gasteiger partial charge in [0.1, 0.15) is 0 Å². The number of rotatable bonds is 5. The smallest absolute Gasteiger partial charge is 0.182 e. The molecule has 4 nitrogen and oxygen atoms in total. The van der Waals surface area contributed by atoms with E-state index in [1.165, 1.54) is 24.3 Å². The van der Waals surface area contributed by atoms with E-state index in [9.17, 15) is 18.6 Å². The second-order valence-electron chi connectivity index (χ2n) is 6.00. The van der Waals surface area contributed by atoms with E-state index in [1.54, 1.807) is 0 Å². The molecule has 0 unspecified atom stereocenters. The third kappa shape index (κ3) is 2.80. The van der Waals surface area contributed by atoms with Gasteiger partial charge in [0.05, 0.1) is 23.4 Å². The summed E-state index contributed by atoms with van der Waals surface area (Å²) < 4.78 is 26.9. The molecule has 0 bridgehead atoms. The Morgan fingerprint density at radius 2 is 1.54 bits per heavy atom. The van der Waals surface area contributed by atoms with Crippen molar-refractivity contribution in [3.8, 4) is 0 Å². The molecule has 0 spiro atoms. The Labute approximate surface area is 154 Å². The molecule has 0 aromatic heterocycles. The minimum atomic E-state index is -3.71. The molecule has 2 aromatic rings. The lowest BCUT2D eigenvalue weighted by atomic mass is 10.0. The second-order valence-corrected chi connectivity index (χ2v) is 9.42. The van der Waals surface area contributed by atoms with Crippen molar-refractivity contribution in [1.82, 2.24) is 0 Å². The van der Waals surface area contributed by atoms with Crippen LogP contribution in [0.1, 0.15) is 11.5 Å². The lowest BCUT2D eigenvalue weighted by Crippen LogP contribution is -2.23. The first kappa shape index (κ1) is 17.9. The highest BCUT2D eigenvalue weighted by molar-refractivity contribution is 9.10. The number of aliphatic hydroxyl groups is 2. The van der Waals surface area contributed by atoms with Crippen LogP contribution in [0.4, 0.5) is 0 Å². The number of sulfone groups is 1. The van der Waals surface area contributed by atoms with E-state index in [-0.39, 0.29) is 4.90 Å². The van der Waals surface area contributed by atoms with Crippen LogP contribution in [0.3, 0.4) is 0 Å². The zero-order valence-corrected chi connectivity index (χ0v) is 15.7. The van der Waals surface area contributed by atoms with Gasteiger partial charge in [0, 0.05) is 20.8 Å². The van der Waals surface area contributed by atoms with Crippen LogP contribution < -0.4 is 0 Å². The summed E-state index contributed by atoms with van der Waals surface area (Å²) in [5.74, 6) is -0.457. The van der Waals surface area contributed by atoms with E-state index >= 15 is 0 Å². The molecule has 1 fully saturated rings. The molecule has 128 valence electrons. The van der Waals surface area contributed by atoms with Gasteiger partial charge in [-0.2, -0.15) is 0 Å². The van der Waals surface area contributed by atoms with Crippen molar-refractivity contribution in [2.45, 2.75) is 16.1 Å². The van der Waals surface area contributed by atoms with Crippen LogP contribution in [0, 0.1) is 5.41 Å². The monoisotopic (exact) mass is 430 g/mol. The minimum absolute atomic E-state index is 0.141. The molecular weight excluding hydrogens is 416 g/mol. The summed E-state index contributed by atoms with van der Waals surface area (Å²) in [6.07, 6.45) is 0. The van der Waals surface area contributed by atoms with Crippen LogP contribution in [0.15, 0.2) is 57.9 Å². The third-order valence-corrected chi connectivity index (χ3v) is 7.79. The maximum atomic E-state index is 13.0. The zero-order chi connectivity index (χ0) is 17.5. The molecule has 0 saturated heterocycles. The predicted octanol–water partition coefficient (Wildman–Crippen LogP) is 3.01. The van der Waals surface area contributed by atoms with Crippen LogP contribution in [-0.2, 0) is 9.84 Å². The number of benzene rings is 2. The molecule has 2 atom stereocenters. The summed E-state index contributed by atoms with van der Waals surface area (Å²) in [5, 5.41) is 19.2. The van der Waals surface area contributed by atoms with Crippen molar-refractivity contribution >= 4 is 37.4 Å². The fraction of sp³-hybridized carbons (Fsp3) is 0.294. The van der Waals surface area contributed by atoms with Gasteiger partial charge in [-0.3, -0.25) is 0 Å². The summed E-state index contributed by atoms with van der Waals surface area (Å²) in [7, 11) is -3.71. The molecule has 24 heavy (non-hydrogen) atoms. The van der Waals surface area contributed by atoms with Crippen LogP contribution in [0.25, 0.3) is 0 Å². The van der Waals surface area contributed by atoms with E-state index in [0.717, 1.165) is 10.0 Å². The molecule has 1 saturated carbocycles. The largest absolute Gasteiger partial charge is 0.396 e. The molecule has 1 aliphatic carbocycles. The Balaban J connectivity index is 2.04. The molecule has 2 aromatic carbocycles. The van der Waals surface area contributed by atoms with E-state index in [0.29, 0.717) is 5.02 Å². The van der Waals surface area contributed by atoms with Gasteiger partial charge in [0.25, 0.3) is 0 Å². The maximum absolute atomic E-state index is 13.0. The summed E-state index contributed by atoms with van der Waals surface area (Å²) >= 11 is 9.17. The Kier molecular flexibility index (Phi) is 4.79. The molecule has 7 heteroatoms. The minimum Gasteiger partial charge on any atom is -0.396 e. The highest BCUT2D eigenvalue weighted by Gasteiger charge is 2.70. The molecule has 0 heterocycles. The average Bonchev–Trinajstić information content (AvgIpc) is 3.26. The van der Waals surface area contributed by atoms with Gasteiger partial charge in [-0.25, -0.2) is 8.42 Å². The molecule has 3 rings (SSSR count). The van der Waals surface area contributed by atoms with E-state index in [2.05, 4.69) is 15.9 Å². The van der Waals surface area contributed by atoms with Crippen LogP contribution in [-0.4, -0.2) is 37.1 Å². The van der Waals surface area contributed by atoms with Crippen LogP contribution in [0.5, 0.6) is 0 Å². The Hall–Kier alpha value is -0.920. The topological polar surface area (TPSA) is 74.6 Å². The quantitative estimate of drug-likeness (QED) is 0.763. The molecular formula is C17H16BrClO4S. The average molecular weight is 432 g/mol. The number of hydrogen-bond acceptors (Lipinski definition) is 4. The fourth-order valence-corrected chi connectivity index (χ4v) is 6.14. The summed E-state index contributed by atoms with van der Waals surface area (Å²) in [5.41, 5.74) is -0.296. The fourth-order valence-electron chi connectivity index (χ4n) is 3.32. The predicted molar refractivity (Wildman–Crippen MR) is 95.9 cm³/mol. The second kappa shape index (κ2) is 6.42. The highest BCUT2D eigenvalue weighted by Crippen LogP contribution is 2.63. The van der Waals surface area contributed by atoms with Crippen molar-refractivity contribution in [3.05, 3.63) is 63.6 Å². The first-order valence-corrected chi connectivity index (χ1v) is 10.1. The lowest BCUT2D eigenvalue weighted by Gasteiger charge is -2.11. The summed E-state index contributed by atoms with van der Waals surface area (Å²) in [4.78, 5) is 0.141. The summed E-state index contributed by atoms with van der Waals surface area (Å²) in [6, 6.07) is 13.2. The molecule has 0 aliphatic heterocycles. The number of hydrogen-bond donors (Lipinski definition) is 2. The van der Waals surface area contributed by atoms with Crippen molar-refractivity contribution in [2.75, 3.05) is 13.2 Å². The van der Waals surface area contributed by atoms with Gasteiger partial charge >= 0.3 is 0 Å². The molecule has 2 N–H and O–H groups in total. The number of halogens is 2. The molecule has 0 radical (unpaired) electrons. The highest BCUT2D eigenvalue weighted by atomic mass is 79.9. The van der Waals surface area contributed by atoms with E-state index < -0.39 is 39.6 Å². The van der Waals surface area contributed by atoms with Crippen LogP contribution >= 0.6 is 27.5 Å².